The van der Waals surface area contributed by atoms with Crippen molar-refractivity contribution in [1.82, 2.24) is 9.29 Å². The molecule has 2 aromatic rings. The van der Waals surface area contributed by atoms with Gasteiger partial charge < -0.3 is 5.73 Å². The van der Waals surface area contributed by atoms with Gasteiger partial charge in [0.25, 0.3) is 0 Å². The summed E-state index contributed by atoms with van der Waals surface area (Å²) in [6.45, 7) is 4.38. The van der Waals surface area contributed by atoms with Crippen LogP contribution in [0.3, 0.4) is 0 Å². The lowest BCUT2D eigenvalue weighted by molar-refractivity contribution is 0.264. The average Bonchev–Trinajstić information content (AvgIpc) is 2.48. The highest BCUT2D eigenvalue weighted by atomic mass is 32.2. The zero-order valence-electron chi connectivity index (χ0n) is 11.8. The van der Waals surface area contributed by atoms with Crippen LogP contribution in [0.25, 0.3) is 10.8 Å². The maximum absolute atomic E-state index is 6.01. The molecule has 0 amide bonds. The maximum atomic E-state index is 6.01. The van der Waals surface area contributed by atoms with Gasteiger partial charge in [-0.1, -0.05) is 12.1 Å². The Bertz CT molecular complexity index is 571. The van der Waals surface area contributed by atoms with Crippen LogP contribution < -0.4 is 5.73 Å². The molecule has 1 aromatic carbocycles. The number of hydrogen-bond donors (Lipinski definition) is 1. The Morgan fingerprint density at radius 3 is 2.85 bits per heavy atom. The van der Waals surface area contributed by atoms with E-state index in [0.29, 0.717) is 12.0 Å². The quantitative estimate of drug-likeness (QED) is 0.880. The fourth-order valence-electron chi connectivity index (χ4n) is 2.80. The zero-order valence-corrected chi connectivity index (χ0v) is 12.6. The molecular formula is C16H21N3S. The normalized spacial score (nSPS) is 19.3. The van der Waals surface area contributed by atoms with Gasteiger partial charge in [-0.2, -0.15) is 0 Å². The van der Waals surface area contributed by atoms with Gasteiger partial charge in [-0.25, -0.2) is 4.31 Å². The molecule has 1 fully saturated rings. The molecule has 0 saturated carbocycles. The third kappa shape index (κ3) is 2.97. The SMILES string of the molecule is C[C@@H](N)C1CCN(Sc2cccc3cnccc23)CC1. The van der Waals surface area contributed by atoms with Crippen molar-refractivity contribution >= 4 is 22.7 Å². The minimum Gasteiger partial charge on any atom is -0.328 e. The summed E-state index contributed by atoms with van der Waals surface area (Å²) in [4.78, 5) is 5.52. The second kappa shape index (κ2) is 6.12. The molecule has 106 valence electrons. The Morgan fingerprint density at radius 2 is 2.10 bits per heavy atom. The second-order valence-electron chi connectivity index (χ2n) is 5.57. The van der Waals surface area contributed by atoms with E-state index in [2.05, 4.69) is 40.5 Å². The van der Waals surface area contributed by atoms with Gasteiger partial charge in [0.05, 0.1) is 0 Å². The second-order valence-corrected chi connectivity index (χ2v) is 6.71. The molecule has 1 saturated heterocycles. The predicted octanol–water partition coefficient (Wildman–Crippen LogP) is 3.30. The van der Waals surface area contributed by atoms with Crippen molar-refractivity contribution in [1.29, 1.82) is 0 Å². The van der Waals surface area contributed by atoms with Gasteiger partial charge in [0.1, 0.15) is 0 Å². The largest absolute Gasteiger partial charge is 0.328 e. The minimum absolute atomic E-state index is 0.325. The lowest BCUT2D eigenvalue weighted by Gasteiger charge is -2.32. The fourth-order valence-corrected chi connectivity index (χ4v) is 3.90. The van der Waals surface area contributed by atoms with E-state index >= 15 is 0 Å². The smallest absolute Gasteiger partial charge is 0.0346 e. The van der Waals surface area contributed by atoms with Crippen molar-refractivity contribution in [2.75, 3.05) is 13.1 Å². The van der Waals surface area contributed by atoms with E-state index in [1.54, 1.807) is 0 Å². The van der Waals surface area contributed by atoms with E-state index in [-0.39, 0.29) is 0 Å². The van der Waals surface area contributed by atoms with Gasteiger partial charge in [-0.3, -0.25) is 4.98 Å². The number of benzene rings is 1. The third-order valence-electron chi connectivity index (χ3n) is 4.11. The summed E-state index contributed by atoms with van der Waals surface area (Å²) in [5, 5.41) is 2.50. The molecule has 20 heavy (non-hydrogen) atoms. The van der Waals surface area contributed by atoms with Crippen LogP contribution in [0.1, 0.15) is 19.8 Å². The van der Waals surface area contributed by atoms with E-state index in [9.17, 15) is 0 Å². The molecular weight excluding hydrogens is 266 g/mol. The third-order valence-corrected chi connectivity index (χ3v) is 5.29. The number of fused-ring (bicyclic) bond motifs is 1. The number of rotatable bonds is 3. The lowest BCUT2D eigenvalue weighted by atomic mass is 9.92. The molecule has 4 heteroatoms. The first-order chi connectivity index (χ1) is 9.74. The molecule has 1 aromatic heterocycles. The Hall–Kier alpha value is -1.10. The van der Waals surface area contributed by atoms with Gasteiger partial charge in [-0.15, -0.1) is 0 Å². The molecule has 0 spiro atoms. The number of aromatic nitrogens is 1. The van der Waals surface area contributed by atoms with Gasteiger partial charge in [0.2, 0.25) is 0 Å². The number of nitrogens with two attached hydrogens (primary N) is 1. The van der Waals surface area contributed by atoms with Crippen LogP contribution in [0.15, 0.2) is 41.6 Å². The van der Waals surface area contributed by atoms with Crippen LogP contribution in [0, 0.1) is 5.92 Å². The summed E-state index contributed by atoms with van der Waals surface area (Å²) >= 11 is 1.87. The molecule has 1 atom stereocenters. The van der Waals surface area contributed by atoms with Crippen molar-refractivity contribution in [3.05, 3.63) is 36.7 Å². The summed E-state index contributed by atoms with van der Waals surface area (Å²) in [5.74, 6) is 0.684. The monoisotopic (exact) mass is 287 g/mol. The van der Waals surface area contributed by atoms with Crippen LogP contribution >= 0.6 is 11.9 Å². The number of nitrogens with zero attached hydrogens (tertiary/aromatic N) is 2. The Morgan fingerprint density at radius 1 is 1.30 bits per heavy atom. The Kier molecular flexibility index (Phi) is 4.24. The molecule has 0 bridgehead atoms. The van der Waals surface area contributed by atoms with E-state index < -0.39 is 0 Å². The minimum atomic E-state index is 0.325. The summed E-state index contributed by atoms with van der Waals surface area (Å²) in [5.41, 5.74) is 6.01. The molecule has 0 aliphatic carbocycles. The van der Waals surface area contributed by atoms with Gasteiger partial charge >= 0.3 is 0 Å². The summed E-state index contributed by atoms with van der Waals surface area (Å²) in [6, 6.07) is 8.86. The standard InChI is InChI=1S/C16H21N3S/c1-12(17)13-6-9-19(10-7-13)20-16-4-2-3-14-11-18-8-5-15(14)16/h2-5,8,11-13H,6-7,9-10,17H2,1H3/t12-/m1/s1. The maximum Gasteiger partial charge on any atom is 0.0346 e. The van der Waals surface area contributed by atoms with E-state index in [4.69, 9.17) is 5.73 Å². The molecule has 3 nitrogen and oxygen atoms in total. The zero-order chi connectivity index (χ0) is 13.9. The highest BCUT2D eigenvalue weighted by Gasteiger charge is 2.22. The first kappa shape index (κ1) is 13.9. The Labute approximate surface area is 124 Å². The summed E-state index contributed by atoms with van der Waals surface area (Å²) in [6.07, 6.45) is 6.21. The van der Waals surface area contributed by atoms with Crippen LogP contribution in [0.5, 0.6) is 0 Å². The van der Waals surface area contributed by atoms with Crippen LogP contribution in [0.4, 0.5) is 0 Å². The van der Waals surface area contributed by atoms with Crippen LogP contribution in [0.2, 0.25) is 0 Å². The van der Waals surface area contributed by atoms with Crippen LogP contribution in [-0.4, -0.2) is 28.4 Å². The molecule has 2 N–H and O–H groups in total. The highest BCUT2D eigenvalue weighted by Crippen LogP contribution is 2.33. The fraction of sp³-hybridized carbons (Fsp3) is 0.438. The number of hydrogen-bond acceptors (Lipinski definition) is 4. The number of pyridine rings is 1. The molecule has 1 aliphatic heterocycles. The van der Waals surface area contributed by atoms with Crippen molar-refractivity contribution in [2.24, 2.45) is 11.7 Å². The first-order valence-electron chi connectivity index (χ1n) is 7.25. The predicted molar refractivity (Wildman–Crippen MR) is 85.5 cm³/mol. The van der Waals surface area contributed by atoms with E-state index in [1.807, 2.05) is 24.3 Å². The van der Waals surface area contributed by atoms with E-state index in [1.165, 1.54) is 28.5 Å². The van der Waals surface area contributed by atoms with E-state index in [0.717, 1.165) is 13.1 Å². The summed E-state index contributed by atoms with van der Waals surface area (Å²) < 4.78 is 2.47. The highest BCUT2D eigenvalue weighted by molar-refractivity contribution is 7.97. The van der Waals surface area contributed by atoms with Gasteiger partial charge in [0, 0.05) is 41.8 Å². The van der Waals surface area contributed by atoms with Gasteiger partial charge in [-0.05, 0) is 55.2 Å². The molecule has 0 unspecified atom stereocenters. The molecule has 3 rings (SSSR count). The van der Waals surface area contributed by atoms with Gasteiger partial charge in [0.15, 0.2) is 0 Å². The van der Waals surface area contributed by atoms with Crippen molar-refractivity contribution in [3.8, 4) is 0 Å². The molecule has 2 heterocycles. The first-order valence-corrected chi connectivity index (χ1v) is 8.02. The van der Waals surface area contributed by atoms with Crippen LogP contribution in [-0.2, 0) is 0 Å². The van der Waals surface area contributed by atoms with Crippen molar-refractivity contribution < 1.29 is 0 Å². The summed E-state index contributed by atoms with van der Waals surface area (Å²) in [7, 11) is 0. The van der Waals surface area contributed by atoms with Crippen molar-refractivity contribution in [2.45, 2.75) is 30.7 Å². The average molecular weight is 287 g/mol. The Balaban J connectivity index is 1.72. The number of piperidine rings is 1. The molecule has 0 radical (unpaired) electrons. The topological polar surface area (TPSA) is 42.1 Å². The van der Waals surface area contributed by atoms with Crippen molar-refractivity contribution in [3.63, 3.8) is 0 Å². The lowest BCUT2D eigenvalue weighted by Crippen LogP contribution is -2.36. The molecule has 1 aliphatic rings.